The summed E-state index contributed by atoms with van der Waals surface area (Å²) >= 11 is 0. The van der Waals surface area contributed by atoms with Gasteiger partial charge in [0.15, 0.2) is 0 Å². The van der Waals surface area contributed by atoms with E-state index in [1.807, 2.05) is 18.2 Å². The van der Waals surface area contributed by atoms with Crippen LogP contribution in [-0.4, -0.2) is 24.1 Å². The second-order valence-corrected chi connectivity index (χ2v) is 3.90. The molecule has 0 fully saturated rings. The maximum absolute atomic E-state index is 11.6. The summed E-state index contributed by atoms with van der Waals surface area (Å²) in [4.78, 5) is 17.2. The molecule has 0 unspecified atom stereocenters. The fourth-order valence-corrected chi connectivity index (χ4v) is 1.73. The van der Waals surface area contributed by atoms with Gasteiger partial charge in [0.25, 0.3) is 0 Å². The van der Waals surface area contributed by atoms with Gasteiger partial charge in [-0.3, -0.25) is 0 Å². The number of rotatable bonds is 3. The third-order valence-corrected chi connectivity index (χ3v) is 2.56. The molecule has 0 saturated heterocycles. The van der Waals surface area contributed by atoms with Gasteiger partial charge in [0.2, 0.25) is 0 Å². The Kier molecular flexibility index (Phi) is 4.28. The Bertz CT molecular complexity index is 745. The fraction of sp³-hybridized carbons (Fsp3) is 0.214. The number of hydrogen-bond acceptors (Lipinski definition) is 3. The van der Waals surface area contributed by atoms with E-state index in [-0.39, 0.29) is 12.5 Å². The van der Waals surface area contributed by atoms with Gasteiger partial charge in [-0.2, -0.15) is 0 Å². The number of aromatic nitrogens is 1. The van der Waals surface area contributed by atoms with Gasteiger partial charge in [0, 0.05) is 21.4 Å². The van der Waals surface area contributed by atoms with Gasteiger partial charge in [-0.05, 0) is 30.7 Å². The van der Waals surface area contributed by atoms with Crippen molar-refractivity contribution in [3.8, 4) is 11.8 Å². The van der Waals surface area contributed by atoms with Crippen LogP contribution in [0.3, 0.4) is 0 Å². The molecule has 0 aliphatic rings. The number of fused-ring (bicyclic) bond motifs is 1. The predicted octanol–water partition coefficient (Wildman–Crippen LogP) is 3.01. The van der Waals surface area contributed by atoms with E-state index in [0.29, 0.717) is 12.3 Å². The lowest BCUT2D eigenvalue weighted by atomic mass is 10.1. The number of hydrogen-bond donors (Lipinski definition) is 1. The highest BCUT2D eigenvalue weighted by atomic mass is 16.5. The molecule has 0 bridgehead atoms. The molecule has 6 nitrogen and oxygen atoms in total. The molecule has 0 spiro atoms. The van der Waals surface area contributed by atoms with Gasteiger partial charge in [-0.25, -0.2) is 4.79 Å². The Labute approximate surface area is 115 Å². The lowest BCUT2D eigenvalue weighted by Crippen LogP contribution is -2.04. The van der Waals surface area contributed by atoms with Crippen molar-refractivity contribution in [2.45, 2.75) is 6.92 Å². The summed E-state index contributed by atoms with van der Waals surface area (Å²) in [7, 11) is 0. The summed E-state index contributed by atoms with van der Waals surface area (Å²) in [6, 6.07) is 7.28. The standard InChI is InChI=1S/C14H12N4O2/c1-2-20-14(19)13-9-11-6-5-10(8-12(11)17-13)4-3-7-16-18-15/h5-6,8-9,17H,2,7H2,1H3. The van der Waals surface area contributed by atoms with Crippen molar-refractivity contribution >= 4 is 16.9 Å². The molecule has 0 atom stereocenters. The van der Waals surface area contributed by atoms with E-state index in [2.05, 4.69) is 26.9 Å². The van der Waals surface area contributed by atoms with Crippen LogP contribution in [0.2, 0.25) is 0 Å². The van der Waals surface area contributed by atoms with E-state index in [4.69, 9.17) is 10.3 Å². The van der Waals surface area contributed by atoms with Gasteiger partial charge in [-0.1, -0.05) is 23.0 Å². The first-order chi connectivity index (χ1) is 9.74. The number of azide groups is 1. The van der Waals surface area contributed by atoms with E-state index in [9.17, 15) is 4.79 Å². The predicted molar refractivity (Wildman–Crippen MR) is 75.1 cm³/mol. The minimum atomic E-state index is -0.375. The number of ether oxygens (including phenoxy) is 1. The van der Waals surface area contributed by atoms with Crippen LogP contribution in [0.5, 0.6) is 0 Å². The van der Waals surface area contributed by atoms with E-state index < -0.39 is 0 Å². The summed E-state index contributed by atoms with van der Waals surface area (Å²) in [5.74, 6) is 5.25. The quantitative estimate of drug-likeness (QED) is 0.305. The molecule has 1 heterocycles. The number of nitrogens with one attached hydrogen (secondary N) is 1. The summed E-state index contributed by atoms with van der Waals surface area (Å²) in [5, 5.41) is 4.25. The molecule has 20 heavy (non-hydrogen) atoms. The van der Waals surface area contributed by atoms with Crippen molar-refractivity contribution < 1.29 is 9.53 Å². The molecule has 2 rings (SSSR count). The van der Waals surface area contributed by atoms with Crippen LogP contribution in [0, 0.1) is 11.8 Å². The van der Waals surface area contributed by atoms with Gasteiger partial charge >= 0.3 is 5.97 Å². The third kappa shape index (κ3) is 3.10. The largest absolute Gasteiger partial charge is 0.461 e. The van der Waals surface area contributed by atoms with Crippen LogP contribution in [0.15, 0.2) is 29.4 Å². The first-order valence-corrected chi connectivity index (χ1v) is 6.04. The summed E-state index contributed by atoms with van der Waals surface area (Å²) in [6.07, 6.45) is 0. The molecule has 1 aromatic carbocycles. The molecule has 2 aromatic rings. The number of aromatic amines is 1. The molecule has 0 amide bonds. The lowest BCUT2D eigenvalue weighted by Gasteiger charge is -1.96. The smallest absolute Gasteiger partial charge is 0.354 e. The Balaban J connectivity index is 2.27. The highest BCUT2D eigenvalue weighted by Gasteiger charge is 2.09. The first-order valence-electron chi connectivity index (χ1n) is 6.04. The Hall–Kier alpha value is -2.90. The average molecular weight is 268 g/mol. The number of H-pyrrole nitrogens is 1. The van der Waals surface area contributed by atoms with E-state index in [1.165, 1.54) is 0 Å². The molecule has 1 N–H and O–H groups in total. The molecule has 6 heteroatoms. The Morgan fingerprint density at radius 2 is 2.35 bits per heavy atom. The van der Waals surface area contributed by atoms with Crippen molar-refractivity contribution in [1.82, 2.24) is 4.98 Å². The maximum Gasteiger partial charge on any atom is 0.354 e. The minimum Gasteiger partial charge on any atom is -0.461 e. The highest BCUT2D eigenvalue weighted by Crippen LogP contribution is 2.17. The molecule has 1 aromatic heterocycles. The number of benzene rings is 1. The Morgan fingerprint density at radius 1 is 1.50 bits per heavy atom. The molecule has 0 radical (unpaired) electrons. The molecular formula is C14H12N4O2. The van der Waals surface area contributed by atoms with Crippen LogP contribution >= 0.6 is 0 Å². The van der Waals surface area contributed by atoms with Gasteiger partial charge < -0.3 is 9.72 Å². The van der Waals surface area contributed by atoms with Crippen molar-refractivity contribution in [2.75, 3.05) is 13.2 Å². The number of carbonyl (C=O) groups excluding carboxylic acids is 1. The number of nitrogens with zero attached hydrogens (tertiary/aromatic N) is 3. The van der Waals surface area contributed by atoms with Crippen LogP contribution in [-0.2, 0) is 4.74 Å². The molecular weight excluding hydrogens is 256 g/mol. The van der Waals surface area contributed by atoms with Crippen molar-refractivity contribution in [2.24, 2.45) is 5.11 Å². The number of carbonyl (C=O) groups is 1. The highest BCUT2D eigenvalue weighted by molar-refractivity contribution is 5.95. The fourth-order valence-electron chi connectivity index (χ4n) is 1.73. The molecule has 100 valence electrons. The van der Waals surface area contributed by atoms with Crippen LogP contribution < -0.4 is 0 Å². The zero-order valence-corrected chi connectivity index (χ0v) is 10.9. The Morgan fingerprint density at radius 3 is 3.10 bits per heavy atom. The lowest BCUT2D eigenvalue weighted by molar-refractivity contribution is 0.0520. The SMILES string of the molecule is CCOC(=O)c1cc2ccc(C#CCN=[N+]=[N-])cc2[nH]1. The molecule has 0 aliphatic carbocycles. The summed E-state index contributed by atoms with van der Waals surface area (Å²) in [5.41, 5.74) is 10.2. The zero-order chi connectivity index (χ0) is 14.4. The van der Waals surface area contributed by atoms with Crippen molar-refractivity contribution in [3.63, 3.8) is 0 Å². The average Bonchev–Trinajstić information content (AvgIpc) is 2.87. The molecule has 0 saturated carbocycles. The van der Waals surface area contributed by atoms with Crippen LogP contribution in [0.4, 0.5) is 0 Å². The van der Waals surface area contributed by atoms with Gasteiger partial charge in [0.05, 0.1) is 13.2 Å². The minimum absolute atomic E-state index is 0.132. The second kappa shape index (κ2) is 6.32. The van der Waals surface area contributed by atoms with Gasteiger partial charge in [-0.15, -0.1) is 0 Å². The van der Waals surface area contributed by atoms with E-state index >= 15 is 0 Å². The normalized spacial score (nSPS) is 9.45. The summed E-state index contributed by atoms with van der Waals surface area (Å²) in [6.45, 7) is 2.23. The maximum atomic E-state index is 11.6. The number of esters is 1. The van der Waals surface area contributed by atoms with E-state index in [1.54, 1.807) is 13.0 Å². The van der Waals surface area contributed by atoms with Gasteiger partial charge in [0.1, 0.15) is 5.69 Å². The van der Waals surface area contributed by atoms with E-state index in [0.717, 1.165) is 16.5 Å². The molecule has 0 aliphatic heterocycles. The van der Waals surface area contributed by atoms with Crippen LogP contribution in [0.25, 0.3) is 21.3 Å². The summed E-state index contributed by atoms with van der Waals surface area (Å²) < 4.78 is 4.93. The second-order valence-electron chi connectivity index (χ2n) is 3.90. The monoisotopic (exact) mass is 268 g/mol. The zero-order valence-electron chi connectivity index (χ0n) is 10.9. The van der Waals surface area contributed by atoms with Crippen LogP contribution in [0.1, 0.15) is 23.0 Å². The van der Waals surface area contributed by atoms with Crippen molar-refractivity contribution in [1.29, 1.82) is 0 Å². The first kappa shape index (κ1) is 13.5. The third-order valence-electron chi connectivity index (χ3n) is 2.56. The van der Waals surface area contributed by atoms with Crippen molar-refractivity contribution in [3.05, 3.63) is 46.0 Å². The topological polar surface area (TPSA) is 90.8 Å².